The Hall–Kier alpha value is -0.450. The van der Waals surface area contributed by atoms with Gasteiger partial charge < -0.3 is 10.1 Å². The molecule has 1 aromatic rings. The molecule has 0 amide bonds. The molecular weight excluding hydrogens is 273 g/mol. The van der Waals surface area contributed by atoms with Crippen LogP contribution in [0.2, 0.25) is 0 Å². The van der Waals surface area contributed by atoms with Crippen molar-refractivity contribution in [1.29, 1.82) is 0 Å². The Balaban J connectivity index is 2.19. The lowest BCUT2D eigenvalue weighted by Gasteiger charge is -2.24. The van der Waals surface area contributed by atoms with Crippen molar-refractivity contribution in [3.05, 3.63) is 33.8 Å². The van der Waals surface area contributed by atoms with Crippen molar-refractivity contribution in [3.8, 4) is 0 Å². The highest BCUT2D eigenvalue weighted by Crippen LogP contribution is 2.29. The van der Waals surface area contributed by atoms with E-state index in [0.29, 0.717) is 5.56 Å². The number of hydrogen-bond acceptors (Lipinski definition) is 2. The predicted molar refractivity (Wildman–Crippen MR) is 65.2 cm³/mol. The van der Waals surface area contributed by atoms with Crippen LogP contribution in [0.5, 0.6) is 0 Å². The molecular formula is C12H15BrFNO. The average Bonchev–Trinajstić information content (AvgIpc) is 2.29. The maximum absolute atomic E-state index is 13.2. The normalized spacial score (nSPS) is 23.1. The van der Waals surface area contributed by atoms with Crippen molar-refractivity contribution >= 4 is 15.9 Å². The Kier molecular flexibility index (Phi) is 3.95. The lowest BCUT2D eigenvalue weighted by molar-refractivity contribution is 0.0276. The highest BCUT2D eigenvalue weighted by atomic mass is 79.9. The number of benzene rings is 1. The number of alkyl halides is 1. The fourth-order valence-electron chi connectivity index (χ4n) is 1.85. The third kappa shape index (κ3) is 2.62. The number of nitrogens with one attached hydrogen (secondary N) is 1. The second-order valence-electron chi connectivity index (χ2n) is 3.96. The summed E-state index contributed by atoms with van der Waals surface area (Å²) in [4.78, 5) is 0. The van der Waals surface area contributed by atoms with Gasteiger partial charge in [0.1, 0.15) is 6.17 Å². The SMILES string of the molecule is CC(F)c1ccc(C2CNCCO2)cc1Br. The van der Waals surface area contributed by atoms with Gasteiger partial charge in [0, 0.05) is 17.6 Å². The molecule has 1 heterocycles. The third-order valence-corrected chi connectivity index (χ3v) is 3.44. The summed E-state index contributed by atoms with van der Waals surface area (Å²) < 4.78 is 19.7. The van der Waals surface area contributed by atoms with Gasteiger partial charge in [0.25, 0.3) is 0 Å². The summed E-state index contributed by atoms with van der Waals surface area (Å²) in [5.74, 6) is 0. The standard InChI is InChI=1S/C12H15BrFNO/c1-8(14)10-3-2-9(6-11(10)13)12-7-15-4-5-16-12/h2-3,6,8,12,15H,4-5,7H2,1H3. The van der Waals surface area contributed by atoms with Gasteiger partial charge in [0.05, 0.1) is 12.7 Å². The van der Waals surface area contributed by atoms with Gasteiger partial charge in [-0.1, -0.05) is 28.1 Å². The van der Waals surface area contributed by atoms with Gasteiger partial charge >= 0.3 is 0 Å². The molecule has 2 unspecified atom stereocenters. The molecule has 0 aromatic heterocycles. The van der Waals surface area contributed by atoms with Gasteiger partial charge in [-0.05, 0) is 24.1 Å². The Morgan fingerprint density at radius 3 is 2.94 bits per heavy atom. The maximum Gasteiger partial charge on any atom is 0.123 e. The van der Waals surface area contributed by atoms with Gasteiger partial charge in [-0.15, -0.1) is 0 Å². The van der Waals surface area contributed by atoms with Crippen LogP contribution >= 0.6 is 15.9 Å². The number of morpholine rings is 1. The first-order valence-corrected chi connectivity index (χ1v) is 6.23. The van der Waals surface area contributed by atoms with Crippen molar-refractivity contribution in [2.75, 3.05) is 19.7 Å². The maximum atomic E-state index is 13.2. The molecule has 0 bridgehead atoms. The summed E-state index contributed by atoms with van der Waals surface area (Å²) in [6, 6.07) is 5.71. The van der Waals surface area contributed by atoms with Crippen molar-refractivity contribution < 1.29 is 9.13 Å². The van der Waals surface area contributed by atoms with Crippen LogP contribution in [0.3, 0.4) is 0 Å². The monoisotopic (exact) mass is 287 g/mol. The lowest BCUT2D eigenvalue weighted by atomic mass is 10.0. The second kappa shape index (κ2) is 5.25. The molecule has 1 aromatic carbocycles. The summed E-state index contributed by atoms with van der Waals surface area (Å²) in [6.45, 7) is 3.98. The number of hydrogen-bond donors (Lipinski definition) is 1. The van der Waals surface area contributed by atoms with E-state index in [1.165, 1.54) is 0 Å². The molecule has 4 heteroatoms. The summed E-state index contributed by atoms with van der Waals surface area (Å²) >= 11 is 3.40. The van der Waals surface area contributed by atoms with Crippen LogP contribution < -0.4 is 5.32 Å². The van der Waals surface area contributed by atoms with Crippen LogP contribution in [0, 0.1) is 0 Å². The average molecular weight is 288 g/mol. The van der Waals surface area contributed by atoms with E-state index >= 15 is 0 Å². The fourth-order valence-corrected chi connectivity index (χ4v) is 2.56. The fraction of sp³-hybridized carbons (Fsp3) is 0.500. The first-order chi connectivity index (χ1) is 7.68. The summed E-state index contributed by atoms with van der Waals surface area (Å²) in [5, 5.41) is 3.28. The largest absolute Gasteiger partial charge is 0.371 e. The Morgan fingerprint density at radius 2 is 2.38 bits per heavy atom. The first kappa shape index (κ1) is 12.0. The van der Waals surface area contributed by atoms with Crippen molar-refractivity contribution in [1.82, 2.24) is 5.32 Å². The molecule has 88 valence electrons. The van der Waals surface area contributed by atoms with E-state index in [-0.39, 0.29) is 6.10 Å². The van der Waals surface area contributed by atoms with Crippen LogP contribution in [0.15, 0.2) is 22.7 Å². The molecule has 1 N–H and O–H groups in total. The number of rotatable bonds is 2. The molecule has 2 rings (SSSR count). The molecule has 0 saturated carbocycles. The van der Waals surface area contributed by atoms with Crippen LogP contribution in [0.25, 0.3) is 0 Å². The minimum absolute atomic E-state index is 0.0778. The van der Waals surface area contributed by atoms with Crippen molar-refractivity contribution in [3.63, 3.8) is 0 Å². The van der Waals surface area contributed by atoms with Gasteiger partial charge in [-0.2, -0.15) is 0 Å². The summed E-state index contributed by atoms with van der Waals surface area (Å²) in [6.07, 6.45) is -0.872. The smallest absolute Gasteiger partial charge is 0.123 e. The first-order valence-electron chi connectivity index (χ1n) is 5.44. The van der Waals surface area contributed by atoms with E-state index in [0.717, 1.165) is 29.7 Å². The molecule has 0 aliphatic carbocycles. The molecule has 2 nitrogen and oxygen atoms in total. The molecule has 1 aliphatic rings. The van der Waals surface area contributed by atoms with Gasteiger partial charge in [0.15, 0.2) is 0 Å². The van der Waals surface area contributed by atoms with Crippen molar-refractivity contribution in [2.24, 2.45) is 0 Å². The Labute approximate surface area is 103 Å². The van der Waals surface area contributed by atoms with E-state index in [2.05, 4.69) is 21.2 Å². The molecule has 1 fully saturated rings. The lowest BCUT2D eigenvalue weighted by Crippen LogP contribution is -2.33. The zero-order valence-electron chi connectivity index (χ0n) is 9.17. The Bertz CT molecular complexity index is 364. The van der Waals surface area contributed by atoms with Gasteiger partial charge in [-0.25, -0.2) is 4.39 Å². The topological polar surface area (TPSA) is 21.3 Å². The molecule has 1 saturated heterocycles. The summed E-state index contributed by atoms with van der Waals surface area (Å²) in [7, 11) is 0. The van der Waals surface area contributed by atoms with E-state index in [9.17, 15) is 4.39 Å². The van der Waals surface area contributed by atoms with Gasteiger partial charge in [-0.3, -0.25) is 0 Å². The van der Waals surface area contributed by atoms with E-state index in [1.807, 2.05) is 18.2 Å². The van der Waals surface area contributed by atoms with Crippen LogP contribution in [-0.2, 0) is 4.74 Å². The third-order valence-electron chi connectivity index (χ3n) is 2.75. The van der Waals surface area contributed by atoms with Crippen LogP contribution in [-0.4, -0.2) is 19.7 Å². The molecule has 0 spiro atoms. The van der Waals surface area contributed by atoms with E-state index in [1.54, 1.807) is 6.92 Å². The van der Waals surface area contributed by atoms with Gasteiger partial charge in [0.2, 0.25) is 0 Å². The van der Waals surface area contributed by atoms with Crippen LogP contribution in [0.4, 0.5) is 4.39 Å². The Morgan fingerprint density at radius 1 is 1.56 bits per heavy atom. The second-order valence-corrected chi connectivity index (χ2v) is 4.81. The quantitative estimate of drug-likeness (QED) is 0.902. The minimum atomic E-state index is -0.950. The van der Waals surface area contributed by atoms with E-state index < -0.39 is 6.17 Å². The summed E-state index contributed by atoms with van der Waals surface area (Å²) in [5.41, 5.74) is 1.77. The molecule has 0 radical (unpaired) electrons. The number of halogens is 2. The molecule has 2 atom stereocenters. The van der Waals surface area contributed by atoms with Crippen molar-refractivity contribution in [2.45, 2.75) is 19.2 Å². The highest BCUT2D eigenvalue weighted by Gasteiger charge is 2.17. The zero-order valence-corrected chi connectivity index (χ0v) is 10.8. The predicted octanol–water partition coefficient (Wildman–Crippen LogP) is 3.14. The molecule has 16 heavy (non-hydrogen) atoms. The molecule has 1 aliphatic heterocycles. The zero-order chi connectivity index (χ0) is 11.5. The minimum Gasteiger partial charge on any atom is -0.371 e. The highest BCUT2D eigenvalue weighted by molar-refractivity contribution is 9.10. The number of ether oxygens (including phenoxy) is 1. The van der Waals surface area contributed by atoms with Crippen LogP contribution in [0.1, 0.15) is 30.3 Å². The van der Waals surface area contributed by atoms with E-state index in [4.69, 9.17) is 4.74 Å².